The van der Waals surface area contributed by atoms with Gasteiger partial charge in [0.15, 0.2) is 0 Å². The van der Waals surface area contributed by atoms with E-state index in [1.165, 1.54) is 0 Å². The Balaban J connectivity index is 4.00. The van der Waals surface area contributed by atoms with E-state index in [1.54, 1.807) is 6.92 Å². The fourth-order valence-corrected chi connectivity index (χ4v) is 0.918. The van der Waals surface area contributed by atoms with Gasteiger partial charge in [0.05, 0.1) is 25.3 Å². The smallest absolute Gasteiger partial charge is 0.234 e. The molecule has 0 aliphatic heterocycles. The van der Waals surface area contributed by atoms with Crippen LogP contribution in [0.4, 0.5) is 0 Å². The molecule has 5 nitrogen and oxygen atoms in total. The van der Waals surface area contributed by atoms with Gasteiger partial charge in [-0.25, -0.2) is 0 Å². The SMILES string of the molecule is CC(C)(C)NC(=O)CNC(C)(CO)CO. The quantitative estimate of drug-likeness (QED) is 0.488. The maximum atomic E-state index is 11.4. The minimum atomic E-state index is -0.810. The molecule has 0 rings (SSSR count). The molecule has 5 heteroatoms. The molecular formula is C10H22N2O3. The lowest BCUT2D eigenvalue weighted by molar-refractivity contribution is -0.122. The van der Waals surface area contributed by atoms with Gasteiger partial charge >= 0.3 is 0 Å². The zero-order valence-corrected chi connectivity index (χ0v) is 9.92. The molecule has 0 spiro atoms. The molecule has 0 aromatic heterocycles. The molecule has 0 saturated heterocycles. The van der Waals surface area contributed by atoms with Crippen LogP contribution < -0.4 is 10.6 Å². The number of carbonyl (C=O) groups excluding carboxylic acids is 1. The third-order valence-electron chi connectivity index (χ3n) is 1.89. The van der Waals surface area contributed by atoms with E-state index in [0.717, 1.165) is 0 Å². The standard InChI is InChI=1S/C10H22N2O3/c1-9(2,3)12-8(15)5-11-10(4,6-13)7-14/h11,13-14H,5-7H2,1-4H3,(H,12,15). The largest absolute Gasteiger partial charge is 0.394 e. The van der Waals surface area contributed by atoms with Crippen molar-refractivity contribution in [2.75, 3.05) is 19.8 Å². The lowest BCUT2D eigenvalue weighted by atomic mass is 10.1. The third kappa shape index (κ3) is 6.43. The van der Waals surface area contributed by atoms with Gasteiger partial charge in [0.1, 0.15) is 0 Å². The number of hydrogen-bond acceptors (Lipinski definition) is 4. The Labute approximate surface area is 90.9 Å². The number of amides is 1. The average Bonchev–Trinajstić information content (AvgIpc) is 2.12. The lowest BCUT2D eigenvalue weighted by Crippen LogP contribution is -2.54. The summed E-state index contributed by atoms with van der Waals surface area (Å²) >= 11 is 0. The summed E-state index contributed by atoms with van der Waals surface area (Å²) in [6.07, 6.45) is 0. The first-order chi connectivity index (χ1) is 6.72. The van der Waals surface area contributed by atoms with Gasteiger partial charge in [-0.05, 0) is 27.7 Å². The van der Waals surface area contributed by atoms with Gasteiger partial charge < -0.3 is 15.5 Å². The minimum Gasteiger partial charge on any atom is -0.394 e. The topological polar surface area (TPSA) is 81.6 Å². The van der Waals surface area contributed by atoms with Crippen LogP contribution in [0.5, 0.6) is 0 Å². The summed E-state index contributed by atoms with van der Waals surface area (Å²) in [6.45, 7) is 6.97. The van der Waals surface area contributed by atoms with E-state index in [-0.39, 0.29) is 31.2 Å². The van der Waals surface area contributed by atoms with Crippen molar-refractivity contribution in [3.63, 3.8) is 0 Å². The molecule has 4 N–H and O–H groups in total. The average molecular weight is 218 g/mol. The predicted molar refractivity (Wildman–Crippen MR) is 58.5 cm³/mol. The molecule has 0 unspecified atom stereocenters. The van der Waals surface area contributed by atoms with E-state index in [0.29, 0.717) is 0 Å². The molecule has 0 heterocycles. The van der Waals surface area contributed by atoms with Crippen molar-refractivity contribution in [3.05, 3.63) is 0 Å². The van der Waals surface area contributed by atoms with Crippen LogP contribution >= 0.6 is 0 Å². The van der Waals surface area contributed by atoms with Crippen LogP contribution in [0, 0.1) is 0 Å². The number of nitrogens with one attached hydrogen (secondary N) is 2. The van der Waals surface area contributed by atoms with E-state index >= 15 is 0 Å². The van der Waals surface area contributed by atoms with Crippen molar-refractivity contribution in [3.8, 4) is 0 Å². The summed E-state index contributed by atoms with van der Waals surface area (Å²) < 4.78 is 0. The summed E-state index contributed by atoms with van der Waals surface area (Å²) in [5, 5.41) is 23.5. The Morgan fingerprint density at radius 2 is 1.60 bits per heavy atom. The highest BCUT2D eigenvalue weighted by atomic mass is 16.3. The number of hydrogen-bond donors (Lipinski definition) is 4. The van der Waals surface area contributed by atoms with Crippen LogP contribution in [-0.2, 0) is 4.79 Å². The molecule has 0 bridgehead atoms. The summed E-state index contributed by atoms with van der Waals surface area (Å²) in [5.41, 5.74) is -1.08. The number of aliphatic hydroxyl groups is 2. The van der Waals surface area contributed by atoms with E-state index < -0.39 is 5.54 Å². The lowest BCUT2D eigenvalue weighted by Gasteiger charge is -2.27. The Kier molecular flexibility index (Phi) is 5.20. The second kappa shape index (κ2) is 5.44. The van der Waals surface area contributed by atoms with Crippen molar-refractivity contribution in [1.29, 1.82) is 0 Å². The van der Waals surface area contributed by atoms with Gasteiger partial charge in [0, 0.05) is 5.54 Å². The Morgan fingerprint density at radius 1 is 1.13 bits per heavy atom. The fraction of sp³-hybridized carbons (Fsp3) is 0.900. The zero-order chi connectivity index (χ0) is 12.1. The molecule has 1 amide bonds. The molecular weight excluding hydrogens is 196 g/mol. The molecule has 0 saturated carbocycles. The monoisotopic (exact) mass is 218 g/mol. The normalized spacial score (nSPS) is 12.7. The molecule has 90 valence electrons. The number of aliphatic hydroxyl groups excluding tert-OH is 2. The van der Waals surface area contributed by atoms with Crippen LogP contribution in [0.1, 0.15) is 27.7 Å². The maximum absolute atomic E-state index is 11.4. The van der Waals surface area contributed by atoms with Crippen molar-refractivity contribution >= 4 is 5.91 Å². The summed E-state index contributed by atoms with van der Waals surface area (Å²) in [4.78, 5) is 11.4. The first-order valence-electron chi connectivity index (χ1n) is 5.00. The van der Waals surface area contributed by atoms with Gasteiger partial charge in [-0.15, -0.1) is 0 Å². The van der Waals surface area contributed by atoms with Crippen LogP contribution in [0.15, 0.2) is 0 Å². The van der Waals surface area contributed by atoms with Gasteiger partial charge in [0.25, 0.3) is 0 Å². The van der Waals surface area contributed by atoms with E-state index in [1.807, 2.05) is 20.8 Å². The van der Waals surface area contributed by atoms with Gasteiger partial charge in [-0.1, -0.05) is 0 Å². The van der Waals surface area contributed by atoms with Crippen molar-refractivity contribution < 1.29 is 15.0 Å². The van der Waals surface area contributed by atoms with Gasteiger partial charge in [0.2, 0.25) is 5.91 Å². The fourth-order valence-electron chi connectivity index (χ4n) is 0.918. The van der Waals surface area contributed by atoms with Crippen molar-refractivity contribution in [1.82, 2.24) is 10.6 Å². The van der Waals surface area contributed by atoms with Crippen LogP contribution in [0.25, 0.3) is 0 Å². The summed E-state index contributed by atoms with van der Waals surface area (Å²) in [7, 11) is 0. The molecule has 0 aliphatic carbocycles. The molecule has 0 aromatic rings. The highest BCUT2D eigenvalue weighted by Crippen LogP contribution is 2.01. The minimum absolute atomic E-state index is 0.0783. The van der Waals surface area contributed by atoms with Crippen LogP contribution in [0.3, 0.4) is 0 Å². The number of rotatable bonds is 5. The van der Waals surface area contributed by atoms with Gasteiger partial charge in [-0.3, -0.25) is 10.1 Å². The van der Waals surface area contributed by atoms with Crippen LogP contribution in [0.2, 0.25) is 0 Å². The molecule has 0 fully saturated rings. The van der Waals surface area contributed by atoms with E-state index in [4.69, 9.17) is 10.2 Å². The number of carbonyl (C=O) groups is 1. The zero-order valence-electron chi connectivity index (χ0n) is 9.92. The van der Waals surface area contributed by atoms with Crippen molar-refractivity contribution in [2.24, 2.45) is 0 Å². The molecule has 0 aromatic carbocycles. The first-order valence-corrected chi connectivity index (χ1v) is 5.00. The highest BCUT2D eigenvalue weighted by molar-refractivity contribution is 5.78. The molecule has 15 heavy (non-hydrogen) atoms. The van der Waals surface area contributed by atoms with Crippen molar-refractivity contribution in [2.45, 2.75) is 38.8 Å². The predicted octanol–water partition coefficient (Wildman–Crippen LogP) is -0.766. The highest BCUT2D eigenvalue weighted by Gasteiger charge is 2.23. The third-order valence-corrected chi connectivity index (χ3v) is 1.89. The maximum Gasteiger partial charge on any atom is 0.234 e. The van der Waals surface area contributed by atoms with E-state index in [2.05, 4.69) is 10.6 Å². The van der Waals surface area contributed by atoms with Crippen LogP contribution in [-0.4, -0.2) is 47.0 Å². The second-order valence-corrected chi connectivity index (χ2v) is 5.03. The summed E-state index contributed by atoms with van der Waals surface area (Å²) in [5.74, 6) is -0.157. The summed E-state index contributed by atoms with van der Waals surface area (Å²) in [6, 6.07) is 0. The van der Waals surface area contributed by atoms with E-state index in [9.17, 15) is 4.79 Å². The Hall–Kier alpha value is -0.650. The first kappa shape index (κ1) is 14.3. The molecule has 0 atom stereocenters. The Bertz CT molecular complexity index is 207. The van der Waals surface area contributed by atoms with Gasteiger partial charge in [-0.2, -0.15) is 0 Å². The Morgan fingerprint density at radius 3 is 1.93 bits per heavy atom. The molecule has 0 aliphatic rings. The molecule has 0 radical (unpaired) electrons. The second-order valence-electron chi connectivity index (χ2n) is 5.03.